The van der Waals surface area contributed by atoms with Crippen LogP contribution in [0.1, 0.15) is 17.0 Å². The molecule has 2 aromatic heterocycles. The molecule has 0 aliphatic rings. The molecule has 156 valence electrons. The molecule has 0 radical (unpaired) electrons. The second kappa shape index (κ2) is 9.03. The summed E-state index contributed by atoms with van der Waals surface area (Å²) in [5.41, 5.74) is 1.73. The number of nitrogens with one attached hydrogen (secondary N) is 3. The Morgan fingerprint density at radius 3 is 2.50 bits per heavy atom. The SMILES string of the molecule is COc1ccc(CCNC(=O)C(=O)Nc2cc(C)nn2-c2nc(C)cc(=O)[nH]2)cc1. The highest BCUT2D eigenvalue weighted by Crippen LogP contribution is 2.14. The smallest absolute Gasteiger partial charge is 0.314 e. The van der Waals surface area contributed by atoms with Crippen LogP contribution in [0.3, 0.4) is 0 Å². The van der Waals surface area contributed by atoms with Crippen LogP contribution in [-0.4, -0.2) is 45.2 Å². The van der Waals surface area contributed by atoms with E-state index in [0.29, 0.717) is 24.4 Å². The monoisotopic (exact) mass is 410 g/mol. The fraction of sp³-hybridized carbons (Fsp3) is 0.250. The molecule has 2 heterocycles. The topological polar surface area (TPSA) is 131 Å². The molecule has 0 saturated heterocycles. The van der Waals surface area contributed by atoms with Gasteiger partial charge in [-0.3, -0.25) is 19.4 Å². The minimum atomic E-state index is -0.846. The molecule has 3 rings (SSSR count). The van der Waals surface area contributed by atoms with Gasteiger partial charge in [0.15, 0.2) is 0 Å². The van der Waals surface area contributed by atoms with E-state index in [0.717, 1.165) is 11.3 Å². The first kappa shape index (κ1) is 20.8. The lowest BCUT2D eigenvalue weighted by atomic mass is 10.1. The third-order valence-corrected chi connectivity index (χ3v) is 4.20. The van der Waals surface area contributed by atoms with Crippen molar-refractivity contribution in [2.24, 2.45) is 0 Å². The fourth-order valence-electron chi connectivity index (χ4n) is 2.78. The lowest BCUT2D eigenvalue weighted by Crippen LogP contribution is -2.37. The standard InChI is InChI=1S/C20H22N6O4/c1-12-11-17(27)24-20(22-12)26-16(10-13(2)25-26)23-19(29)18(28)21-9-8-14-4-6-15(30-3)7-5-14/h4-7,10-11H,8-9H2,1-3H3,(H,21,28)(H,23,29)(H,22,24,27). The number of carbonyl (C=O) groups is 2. The zero-order valence-corrected chi connectivity index (χ0v) is 16.9. The molecule has 0 saturated carbocycles. The van der Waals surface area contributed by atoms with Gasteiger partial charge in [-0.15, -0.1) is 0 Å². The number of benzene rings is 1. The van der Waals surface area contributed by atoms with Crippen LogP contribution >= 0.6 is 0 Å². The van der Waals surface area contributed by atoms with Gasteiger partial charge >= 0.3 is 11.8 Å². The summed E-state index contributed by atoms with van der Waals surface area (Å²) < 4.78 is 6.37. The first-order valence-corrected chi connectivity index (χ1v) is 9.23. The van der Waals surface area contributed by atoms with Gasteiger partial charge in [0.25, 0.3) is 5.56 Å². The van der Waals surface area contributed by atoms with Crippen molar-refractivity contribution in [3.05, 3.63) is 63.7 Å². The van der Waals surface area contributed by atoms with Crippen molar-refractivity contribution in [2.75, 3.05) is 19.0 Å². The molecule has 0 unspecified atom stereocenters. The number of rotatable bonds is 6. The number of aryl methyl sites for hydroxylation is 2. The number of anilines is 1. The zero-order chi connectivity index (χ0) is 21.7. The van der Waals surface area contributed by atoms with E-state index in [-0.39, 0.29) is 17.3 Å². The Balaban J connectivity index is 1.62. The highest BCUT2D eigenvalue weighted by molar-refractivity contribution is 6.39. The summed E-state index contributed by atoms with van der Waals surface area (Å²) in [5.74, 6) is -0.515. The van der Waals surface area contributed by atoms with Crippen molar-refractivity contribution >= 4 is 17.6 Å². The van der Waals surface area contributed by atoms with Gasteiger partial charge in [0.1, 0.15) is 11.6 Å². The van der Waals surface area contributed by atoms with E-state index in [2.05, 4.69) is 25.7 Å². The predicted octanol–water partition coefficient (Wildman–Crippen LogP) is 0.878. The average Bonchev–Trinajstić information content (AvgIpc) is 3.07. The second-order valence-electron chi connectivity index (χ2n) is 6.60. The Morgan fingerprint density at radius 1 is 1.10 bits per heavy atom. The van der Waals surface area contributed by atoms with Crippen LogP contribution in [0.4, 0.5) is 5.82 Å². The number of nitrogens with zero attached hydrogens (tertiary/aromatic N) is 3. The van der Waals surface area contributed by atoms with Gasteiger partial charge < -0.3 is 15.4 Å². The van der Waals surface area contributed by atoms with Gasteiger partial charge in [0.2, 0.25) is 5.95 Å². The molecule has 0 fully saturated rings. The summed E-state index contributed by atoms with van der Waals surface area (Å²) in [5, 5.41) is 9.30. The van der Waals surface area contributed by atoms with Crippen LogP contribution in [0.15, 0.2) is 41.2 Å². The normalized spacial score (nSPS) is 10.5. The number of amides is 2. The molecule has 30 heavy (non-hydrogen) atoms. The van der Waals surface area contributed by atoms with Crippen molar-refractivity contribution < 1.29 is 14.3 Å². The van der Waals surface area contributed by atoms with Gasteiger partial charge in [-0.1, -0.05) is 12.1 Å². The van der Waals surface area contributed by atoms with E-state index in [1.807, 2.05) is 24.3 Å². The maximum absolute atomic E-state index is 12.3. The first-order valence-electron chi connectivity index (χ1n) is 9.23. The van der Waals surface area contributed by atoms with Crippen molar-refractivity contribution in [2.45, 2.75) is 20.3 Å². The number of carbonyl (C=O) groups excluding carboxylic acids is 2. The summed E-state index contributed by atoms with van der Waals surface area (Å²) in [7, 11) is 1.59. The molecule has 0 aliphatic heterocycles. The van der Waals surface area contributed by atoms with Crippen LogP contribution in [0.25, 0.3) is 5.95 Å². The second-order valence-corrected chi connectivity index (χ2v) is 6.60. The Labute approximate surface area is 172 Å². The lowest BCUT2D eigenvalue weighted by Gasteiger charge is -2.09. The Hall–Kier alpha value is -3.95. The van der Waals surface area contributed by atoms with E-state index in [9.17, 15) is 14.4 Å². The molecule has 0 spiro atoms. The van der Waals surface area contributed by atoms with Crippen LogP contribution in [0.5, 0.6) is 5.75 Å². The number of methoxy groups -OCH3 is 1. The van der Waals surface area contributed by atoms with E-state index < -0.39 is 11.8 Å². The minimum absolute atomic E-state index is 0.142. The summed E-state index contributed by atoms with van der Waals surface area (Å²) in [4.78, 5) is 42.9. The molecule has 0 atom stereocenters. The van der Waals surface area contributed by atoms with Gasteiger partial charge in [0, 0.05) is 24.4 Å². The molecule has 0 aliphatic carbocycles. The van der Waals surface area contributed by atoms with E-state index >= 15 is 0 Å². The highest BCUT2D eigenvalue weighted by atomic mass is 16.5. The minimum Gasteiger partial charge on any atom is -0.497 e. The summed E-state index contributed by atoms with van der Waals surface area (Å²) in [6, 6.07) is 10.4. The summed E-state index contributed by atoms with van der Waals surface area (Å²) in [6.07, 6.45) is 0.564. The number of hydrogen-bond donors (Lipinski definition) is 3. The van der Waals surface area contributed by atoms with Gasteiger partial charge in [-0.2, -0.15) is 9.78 Å². The number of H-pyrrole nitrogens is 1. The largest absolute Gasteiger partial charge is 0.497 e. The van der Waals surface area contributed by atoms with Crippen LogP contribution in [0, 0.1) is 13.8 Å². The summed E-state index contributed by atoms with van der Waals surface area (Å²) >= 11 is 0. The fourth-order valence-corrected chi connectivity index (χ4v) is 2.78. The van der Waals surface area contributed by atoms with Crippen molar-refractivity contribution in [3.8, 4) is 11.7 Å². The van der Waals surface area contributed by atoms with Crippen molar-refractivity contribution in [1.29, 1.82) is 0 Å². The Kier molecular flexibility index (Phi) is 6.26. The van der Waals surface area contributed by atoms with Crippen molar-refractivity contribution in [3.63, 3.8) is 0 Å². The third kappa shape index (κ3) is 5.10. The quantitative estimate of drug-likeness (QED) is 0.517. The lowest BCUT2D eigenvalue weighted by molar-refractivity contribution is -0.136. The number of aromatic nitrogens is 4. The van der Waals surface area contributed by atoms with Gasteiger partial charge in [-0.25, -0.2) is 4.98 Å². The number of aromatic amines is 1. The third-order valence-electron chi connectivity index (χ3n) is 4.20. The molecular weight excluding hydrogens is 388 g/mol. The Morgan fingerprint density at radius 2 is 1.83 bits per heavy atom. The molecular formula is C20H22N6O4. The predicted molar refractivity (Wildman–Crippen MR) is 110 cm³/mol. The van der Waals surface area contributed by atoms with Crippen LogP contribution in [-0.2, 0) is 16.0 Å². The van der Waals surface area contributed by atoms with Crippen LogP contribution < -0.4 is 20.9 Å². The van der Waals surface area contributed by atoms with E-state index in [4.69, 9.17) is 4.74 Å². The zero-order valence-electron chi connectivity index (χ0n) is 16.9. The maximum Gasteiger partial charge on any atom is 0.314 e. The highest BCUT2D eigenvalue weighted by Gasteiger charge is 2.18. The van der Waals surface area contributed by atoms with E-state index in [1.165, 1.54) is 10.7 Å². The number of ether oxygens (including phenoxy) is 1. The van der Waals surface area contributed by atoms with Gasteiger partial charge in [0.05, 0.1) is 12.8 Å². The summed E-state index contributed by atoms with van der Waals surface area (Å²) in [6.45, 7) is 3.68. The van der Waals surface area contributed by atoms with Crippen LogP contribution in [0.2, 0.25) is 0 Å². The first-order chi connectivity index (χ1) is 14.4. The molecule has 3 aromatic rings. The molecule has 1 aromatic carbocycles. The average molecular weight is 410 g/mol. The molecule has 0 bridgehead atoms. The molecule has 3 N–H and O–H groups in total. The number of hydrogen-bond acceptors (Lipinski definition) is 6. The van der Waals surface area contributed by atoms with Gasteiger partial charge in [-0.05, 0) is 38.0 Å². The van der Waals surface area contributed by atoms with Crippen molar-refractivity contribution in [1.82, 2.24) is 25.1 Å². The maximum atomic E-state index is 12.3. The van der Waals surface area contributed by atoms with E-state index in [1.54, 1.807) is 27.0 Å². The molecule has 10 nitrogen and oxygen atoms in total. The molecule has 10 heteroatoms. The molecule has 2 amide bonds. The Bertz CT molecular complexity index is 1120.